The fourth-order valence-corrected chi connectivity index (χ4v) is 3.82. The van der Waals surface area contributed by atoms with Gasteiger partial charge in [0.2, 0.25) is 0 Å². The monoisotopic (exact) mass is 280 g/mol. The zero-order valence-corrected chi connectivity index (χ0v) is 11.1. The van der Waals surface area contributed by atoms with Crippen LogP contribution in [0.4, 0.5) is 8.78 Å². The Kier molecular flexibility index (Phi) is 3.37. The molecule has 1 heterocycles. The standard InChI is InChI=1S/C15H14F2OS/c16-10-6-9(7-11(17)8-10)15(18)13-2-1-3-14-12(13)4-5-19-14/h4-8,13,15,18H,1-3H2. The second-order valence-electron chi connectivity index (χ2n) is 4.95. The zero-order chi connectivity index (χ0) is 13.4. The van der Waals surface area contributed by atoms with Crippen LogP contribution in [0.25, 0.3) is 0 Å². The summed E-state index contributed by atoms with van der Waals surface area (Å²) in [5.74, 6) is -1.35. The summed E-state index contributed by atoms with van der Waals surface area (Å²) in [6.07, 6.45) is 2.04. The summed E-state index contributed by atoms with van der Waals surface area (Å²) < 4.78 is 26.5. The summed E-state index contributed by atoms with van der Waals surface area (Å²) in [6, 6.07) is 5.28. The van der Waals surface area contributed by atoms with Gasteiger partial charge in [0.05, 0.1) is 6.10 Å². The van der Waals surface area contributed by atoms with Crippen molar-refractivity contribution in [1.29, 1.82) is 0 Å². The third kappa shape index (κ3) is 2.42. The first-order valence-electron chi connectivity index (χ1n) is 6.35. The molecule has 4 heteroatoms. The topological polar surface area (TPSA) is 20.2 Å². The molecule has 0 radical (unpaired) electrons. The molecule has 0 saturated heterocycles. The summed E-state index contributed by atoms with van der Waals surface area (Å²) in [6.45, 7) is 0. The van der Waals surface area contributed by atoms with E-state index in [-0.39, 0.29) is 5.92 Å². The van der Waals surface area contributed by atoms with E-state index in [0.29, 0.717) is 5.56 Å². The highest BCUT2D eigenvalue weighted by Gasteiger charge is 2.28. The molecule has 1 nitrogen and oxygen atoms in total. The summed E-state index contributed by atoms with van der Waals surface area (Å²) in [5, 5.41) is 12.4. The summed E-state index contributed by atoms with van der Waals surface area (Å²) in [7, 11) is 0. The van der Waals surface area contributed by atoms with Gasteiger partial charge < -0.3 is 5.11 Å². The minimum atomic E-state index is -0.848. The lowest BCUT2D eigenvalue weighted by molar-refractivity contribution is 0.135. The van der Waals surface area contributed by atoms with Crippen molar-refractivity contribution in [2.45, 2.75) is 31.3 Å². The number of benzene rings is 1. The van der Waals surface area contributed by atoms with Crippen LogP contribution in [-0.2, 0) is 6.42 Å². The molecular formula is C15H14F2OS. The van der Waals surface area contributed by atoms with Crippen molar-refractivity contribution in [3.63, 3.8) is 0 Å². The fourth-order valence-electron chi connectivity index (χ4n) is 2.83. The lowest BCUT2D eigenvalue weighted by Crippen LogP contribution is -2.16. The molecule has 0 spiro atoms. The molecule has 2 aromatic rings. The SMILES string of the molecule is OC(c1cc(F)cc(F)c1)C1CCCc2sccc21. The number of aryl methyl sites for hydroxylation is 1. The first-order chi connectivity index (χ1) is 9.15. The lowest BCUT2D eigenvalue weighted by Gasteiger charge is -2.27. The largest absolute Gasteiger partial charge is 0.388 e. The van der Waals surface area contributed by atoms with Crippen LogP contribution in [-0.4, -0.2) is 5.11 Å². The average Bonchev–Trinajstić information content (AvgIpc) is 2.84. The van der Waals surface area contributed by atoms with Crippen molar-refractivity contribution in [3.05, 3.63) is 57.3 Å². The summed E-state index contributed by atoms with van der Waals surface area (Å²) in [5.41, 5.74) is 1.45. The van der Waals surface area contributed by atoms with E-state index in [4.69, 9.17) is 0 Å². The van der Waals surface area contributed by atoms with Gasteiger partial charge in [0.25, 0.3) is 0 Å². The third-order valence-corrected chi connectivity index (χ3v) is 4.70. The van der Waals surface area contributed by atoms with Crippen molar-refractivity contribution in [1.82, 2.24) is 0 Å². The lowest BCUT2D eigenvalue weighted by atomic mass is 9.81. The smallest absolute Gasteiger partial charge is 0.126 e. The highest BCUT2D eigenvalue weighted by Crippen LogP contribution is 2.42. The molecule has 1 N–H and O–H groups in total. The van der Waals surface area contributed by atoms with Crippen LogP contribution in [0, 0.1) is 11.6 Å². The summed E-state index contributed by atoms with van der Waals surface area (Å²) in [4.78, 5) is 1.28. The molecule has 0 amide bonds. The summed E-state index contributed by atoms with van der Waals surface area (Å²) >= 11 is 1.69. The van der Waals surface area contributed by atoms with E-state index >= 15 is 0 Å². The molecule has 100 valence electrons. The van der Waals surface area contributed by atoms with Gasteiger partial charge in [-0.2, -0.15) is 0 Å². The minimum absolute atomic E-state index is 0.0591. The molecule has 0 bridgehead atoms. The molecule has 1 aromatic heterocycles. The second-order valence-corrected chi connectivity index (χ2v) is 5.95. The van der Waals surface area contributed by atoms with E-state index in [1.54, 1.807) is 11.3 Å². The van der Waals surface area contributed by atoms with Crippen LogP contribution < -0.4 is 0 Å². The number of aliphatic hydroxyl groups excluding tert-OH is 1. The predicted octanol–water partition coefficient (Wildman–Crippen LogP) is 4.18. The van der Waals surface area contributed by atoms with Crippen LogP contribution in [0.5, 0.6) is 0 Å². The van der Waals surface area contributed by atoms with Crippen molar-refractivity contribution >= 4 is 11.3 Å². The van der Waals surface area contributed by atoms with E-state index in [2.05, 4.69) is 0 Å². The van der Waals surface area contributed by atoms with Gasteiger partial charge in [-0.05, 0) is 54.0 Å². The van der Waals surface area contributed by atoms with E-state index in [0.717, 1.165) is 30.9 Å². The maximum absolute atomic E-state index is 13.2. The molecule has 3 rings (SSSR count). The quantitative estimate of drug-likeness (QED) is 0.875. The predicted molar refractivity (Wildman–Crippen MR) is 71.3 cm³/mol. The molecule has 0 fully saturated rings. The average molecular weight is 280 g/mol. The van der Waals surface area contributed by atoms with Gasteiger partial charge >= 0.3 is 0 Å². The Bertz CT molecular complexity index is 573. The highest BCUT2D eigenvalue weighted by atomic mass is 32.1. The molecule has 2 atom stereocenters. The number of aliphatic hydroxyl groups is 1. The van der Waals surface area contributed by atoms with Crippen LogP contribution in [0.3, 0.4) is 0 Å². The van der Waals surface area contributed by atoms with Crippen molar-refractivity contribution in [2.24, 2.45) is 0 Å². The van der Waals surface area contributed by atoms with Crippen molar-refractivity contribution in [2.75, 3.05) is 0 Å². The van der Waals surface area contributed by atoms with Gasteiger partial charge in [-0.3, -0.25) is 0 Å². The third-order valence-electron chi connectivity index (χ3n) is 3.71. The molecule has 0 saturated carbocycles. The van der Waals surface area contributed by atoms with E-state index in [9.17, 15) is 13.9 Å². The normalized spacial score (nSPS) is 20.1. The first kappa shape index (κ1) is 12.8. The number of thiophene rings is 1. The molecule has 19 heavy (non-hydrogen) atoms. The Hall–Kier alpha value is -1.26. The minimum Gasteiger partial charge on any atom is -0.388 e. The number of halogens is 2. The Balaban J connectivity index is 1.95. The maximum atomic E-state index is 13.2. The van der Waals surface area contributed by atoms with Crippen LogP contribution in [0.2, 0.25) is 0 Å². The molecule has 1 aliphatic carbocycles. The van der Waals surface area contributed by atoms with Gasteiger partial charge in [0.15, 0.2) is 0 Å². The Morgan fingerprint density at radius 1 is 1.21 bits per heavy atom. The molecule has 1 aromatic carbocycles. The van der Waals surface area contributed by atoms with E-state index < -0.39 is 17.7 Å². The van der Waals surface area contributed by atoms with Crippen LogP contribution >= 0.6 is 11.3 Å². The van der Waals surface area contributed by atoms with Gasteiger partial charge in [-0.15, -0.1) is 11.3 Å². The van der Waals surface area contributed by atoms with Crippen LogP contribution in [0.1, 0.15) is 40.9 Å². The maximum Gasteiger partial charge on any atom is 0.126 e. The van der Waals surface area contributed by atoms with E-state index in [1.807, 2.05) is 11.4 Å². The Morgan fingerprint density at radius 2 is 1.95 bits per heavy atom. The molecule has 0 aliphatic heterocycles. The van der Waals surface area contributed by atoms with Gasteiger partial charge in [0, 0.05) is 16.9 Å². The Morgan fingerprint density at radius 3 is 2.68 bits per heavy atom. The van der Waals surface area contributed by atoms with Gasteiger partial charge in [0.1, 0.15) is 11.6 Å². The zero-order valence-electron chi connectivity index (χ0n) is 10.3. The number of hydrogen-bond donors (Lipinski definition) is 1. The number of hydrogen-bond acceptors (Lipinski definition) is 2. The molecule has 1 aliphatic rings. The number of fused-ring (bicyclic) bond motifs is 1. The number of rotatable bonds is 2. The first-order valence-corrected chi connectivity index (χ1v) is 7.23. The molecule has 2 unspecified atom stereocenters. The van der Waals surface area contributed by atoms with E-state index in [1.165, 1.54) is 17.0 Å². The highest BCUT2D eigenvalue weighted by molar-refractivity contribution is 7.10. The van der Waals surface area contributed by atoms with Gasteiger partial charge in [-0.1, -0.05) is 0 Å². The molecular weight excluding hydrogens is 266 g/mol. The van der Waals surface area contributed by atoms with Crippen molar-refractivity contribution in [3.8, 4) is 0 Å². The van der Waals surface area contributed by atoms with Crippen molar-refractivity contribution < 1.29 is 13.9 Å². The van der Waals surface area contributed by atoms with Crippen LogP contribution in [0.15, 0.2) is 29.6 Å². The Labute approximate surface area is 114 Å². The fraction of sp³-hybridized carbons (Fsp3) is 0.333. The second kappa shape index (κ2) is 5.02. The van der Waals surface area contributed by atoms with Gasteiger partial charge in [-0.25, -0.2) is 8.78 Å².